The minimum Gasteiger partial charge on any atom is -0.441 e. The Hall–Kier alpha value is -2.18. The standard InChI is InChI=1S/C34H54N4O2/c1-22-18-23(2)20-38(19-22)15-9-14-35-33(39)30-12-16-37(17-13-30)21-31-29(8)40-34(36-31)32-25(4)11-10-24(3)26(5)27(6)28(32)7/h22-23,30H,9-21H2,1-8H3,(H,35,39)/b26-24-,28-27-,32-25+/t22-,23+. The summed E-state index contributed by atoms with van der Waals surface area (Å²) in [7, 11) is 0. The molecule has 3 aliphatic rings. The third-order valence-corrected chi connectivity index (χ3v) is 9.78. The van der Waals surface area contributed by atoms with Crippen molar-refractivity contribution in [3.05, 3.63) is 45.2 Å². The van der Waals surface area contributed by atoms with E-state index in [1.807, 2.05) is 6.92 Å². The van der Waals surface area contributed by atoms with E-state index >= 15 is 0 Å². The van der Waals surface area contributed by atoms with Crippen LogP contribution < -0.4 is 5.32 Å². The van der Waals surface area contributed by atoms with E-state index < -0.39 is 0 Å². The molecule has 2 saturated heterocycles. The van der Waals surface area contributed by atoms with E-state index in [4.69, 9.17) is 9.40 Å². The van der Waals surface area contributed by atoms with Crippen molar-refractivity contribution >= 4 is 11.5 Å². The highest BCUT2D eigenvalue weighted by Gasteiger charge is 2.27. The van der Waals surface area contributed by atoms with Gasteiger partial charge in [-0.25, -0.2) is 4.98 Å². The number of rotatable bonds is 8. The summed E-state index contributed by atoms with van der Waals surface area (Å²) in [6.45, 7) is 24.8. The zero-order valence-corrected chi connectivity index (χ0v) is 26.6. The number of nitrogens with zero attached hydrogens (tertiary/aromatic N) is 3. The van der Waals surface area contributed by atoms with Gasteiger partial charge in [0.25, 0.3) is 0 Å². The number of carbonyl (C=O) groups is 1. The number of likely N-dealkylation sites (tertiary alicyclic amines) is 2. The van der Waals surface area contributed by atoms with Crippen LogP contribution in [0, 0.1) is 24.7 Å². The first kappa shape index (κ1) is 30.8. The van der Waals surface area contributed by atoms with E-state index in [9.17, 15) is 4.79 Å². The maximum Gasteiger partial charge on any atom is 0.226 e. The van der Waals surface area contributed by atoms with Crippen molar-refractivity contribution in [2.75, 3.05) is 39.3 Å². The fraction of sp³-hybridized carbons (Fsp3) is 0.706. The van der Waals surface area contributed by atoms with Crippen molar-refractivity contribution in [2.24, 2.45) is 17.8 Å². The third kappa shape index (κ3) is 7.55. The first-order chi connectivity index (χ1) is 19.0. The Morgan fingerprint density at radius 1 is 0.900 bits per heavy atom. The Kier molecular flexibility index (Phi) is 10.5. The third-order valence-electron chi connectivity index (χ3n) is 9.78. The molecule has 4 rings (SSSR count). The largest absolute Gasteiger partial charge is 0.441 e. The Bertz CT molecular complexity index is 1140. The first-order valence-electron chi connectivity index (χ1n) is 15.8. The lowest BCUT2D eigenvalue weighted by Crippen LogP contribution is -2.42. The number of amides is 1. The van der Waals surface area contributed by atoms with Crippen LogP contribution >= 0.6 is 0 Å². The van der Waals surface area contributed by atoms with Gasteiger partial charge < -0.3 is 14.6 Å². The fourth-order valence-electron chi connectivity index (χ4n) is 7.02. The number of aryl methyl sites for hydroxylation is 1. The smallest absolute Gasteiger partial charge is 0.226 e. The van der Waals surface area contributed by atoms with E-state index in [1.54, 1.807) is 0 Å². The molecule has 0 bridgehead atoms. The summed E-state index contributed by atoms with van der Waals surface area (Å²) >= 11 is 0. The van der Waals surface area contributed by atoms with Crippen LogP contribution in [0.2, 0.25) is 0 Å². The predicted molar refractivity (Wildman–Crippen MR) is 165 cm³/mol. The maximum absolute atomic E-state index is 12.9. The molecular formula is C34H54N4O2. The molecule has 6 heteroatoms. The first-order valence-corrected chi connectivity index (χ1v) is 15.8. The molecule has 2 aliphatic heterocycles. The van der Waals surface area contributed by atoms with Gasteiger partial charge >= 0.3 is 0 Å². The average Bonchev–Trinajstić information content (AvgIpc) is 3.27. The van der Waals surface area contributed by atoms with Crippen LogP contribution in [0.25, 0.3) is 5.57 Å². The van der Waals surface area contributed by atoms with Crippen LogP contribution in [0.1, 0.15) is 104 Å². The molecule has 0 aromatic carbocycles. The van der Waals surface area contributed by atoms with Gasteiger partial charge in [-0.15, -0.1) is 0 Å². The summed E-state index contributed by atoms with van der Waals surface area (Å²) in [5.74, 6) is 3.60. The van der Waals surface area contributed by atoms with Crippen molar-refractivity contribution in [1.82, 2.24) is 20.1 Å². The van der Waals surface area contributed by atoms with Gasteiger partial charge in [0.05, 0.1) is 5.69 Å². The Morgan fingerprint density at radius 3 is 2.23 bits per heavy atom. The summed E-state index contributed by atoms with van der Waals surface area (Å²) in [5, 5.41) is 3.23. The van der Waals surface area contributed by atoms with Gasteiger partial charge in [0.1, 0.15) is 5.76 Å². The van der Waals surface area contributed by atoms with Gasteiger partial charge in [0.2, 0.25) is 11.8 Å². The molecule has 0 radical (unpaired) electrons. The molecule has 1 aliphatic carbocycles. The Morgan fingerprint density at radius 2 is 1.55 bits per heavy atom. The van der Waals surface area contributed by atoms with E-state index in [0.29, 0.717) is 0 Å². The van der Waals surface area contributed by atoms with Crippen LogP contribution in [0.5, 0.6) is 0 Å². The molecule has 0 saturated carbocycles. The van der Waals surface area contributed by atoms with Crippen LogP contribution in [-0.2, 0) is 11.3 Å². The van der Waals surface area contributed by atoms with Gasteiger partial charge in [-0.1, -0.05) is 25.0 Å². The lowest BCUT2D eigenvalue weighted by molar-refractivity contribution is -0.126. The number of hydrogen-bond donors (Lipinski definition) is 1. The van der Waals surface area contributed by atoms with Crippen LogP contribution in [-0.4, -0.2) is 60.0 Å². The molecule has 2 fully saturated rings. The Balaban J connectivity index is 1.27. The lowest BCUT2D eigenvalue weighted by atomic mass is 9.87. The molecule has 6 nitrogen and oxygen atoms in total. The molecule has 222 valence electrons. The number of allylic oxidation sites excluding steroid dienone is 6. The topological polar surface area (TPSA) is 61.6 Å². The van der Waals surface area contributed by atoms with Crippen molar-refractivity contribution < 1.29 is 9.21 Å². The number of piperidine rings is 2. The summed E-state index contributed by atoms with van der Waals surface area (Å²) in [5.41, 5.74) is 9.02. The summed E-state index contributed by atoms with van der Waals surface area (Å²) in [6.07, 6.45) is 6.32. The van der Waals surface area contributed by atoms with Gasteiger partial charge in [0.15, 0.2) is 0 Å². The molecule has 1 aromatic rings. The molecule has 2 atom stereocenters. The minimum atomic E-state index is 0.124. The molecule has 3 heterocycles. The number of hydrogen-bond acceptors (Lipinski definition) is 5. The number of oxazole rings is 1. The fourth-order valence-corrected chi connectivity index (χ4v) is 7.02. The molecule has 1 amide bonds. The van der Waals surface area contributed by atoms with E-state index in [0.717, 1.165) is 94.0 Å². The van der Waals surface area contributed by atoms with Gasteiger partial charge in [-0.05, 0) is 128 Å². The number of aromatic nitrogens is 1. The van der Waals surface area contributed by atoms with Crippen molar-refractivity contribution in [3.8, 4) is 0 Å². The van der Waals surface area contributed by atoms with Gasteiger partial charge in [0, 0.05) is 37.7 Å². The van der Waals surface area contributed by atoms with Crippen molar-refractivity contribution in [3.63, 3.8) is 0 Å². The zero-order chi connectivity index (χ0) is 29.0. The number of nitrogens with one attached hydrogen (secondary N) is 1. The van der Waals surface area contributed by atoms with Crippen LogP contribution in [0.3, 0.4) is 0 Å². The minimum absolute atomic E-state index is 0.124. The predicted octanol–water partition coefficient (Wildman–Crippen LogP) is 6.92. The normalized spacial score (nSPS) is 29.9. The Labute approximate surface area is 243 Å². The highest BCUT2D eigenvalue weighted by molar-refractivity contribution is 5.79. The van der Waals surface area contributed by atoms with Crippen molar-refractivity contribution in [2.45, 2.75) is 100 Å². The second-order valence-electron chi connectivity index (χ2n) is 13.2. The zero-order valence-electron chi connectivity index (χ0n) is 26.6. The molecular weight excluding hydrogens is 496 g/mol. The summed E-state index contributed by atoms with van der Waals surface area (Å²) in [6, 6.07) is 0. The quantitative estimate of drug-likeness (QED) is 0.356. The molecule has 0 unspecified atom stereocenters. The van der Waals surface area contributed by atoms with Crippen LogP contribution in [0.15, 0.2) is 32.3 Å². The monoisotopic (exact) mass is 550 g/mol. The lowest BCUT2D eigenvalue weighted by Gasteiger charge is -2.35. The highest BCUT2D eigenvalue weighted by Crippen LogP contribution is 2.37. The molecule has 0 spiro atoms. The van der Waals surface area contributed by atoms with E-state index in [-0.39, 0.29) is 11.8 Å². The van der Waals surface area contributed by atoms with Crippen LogP contribution in [0.4, 0.5) is 0 Å². The second kappa shape index (κ2) is 13.7. The van der Waals surface area contributed by atoms with Gasteiger partial charge in [-0.2, -0.15) is 0 Å². The molecule has 40 heavy (non-hydrogen) atoms. The average molecular weight is 551 g/mol. The summed E-state index contributed by atoms with van der Waals surface area (Å²) in [4.78, 5) is 22.9. The number of carbonyl (C=O) groups excluding carboxylic acids is 1. The van der Waals surface area contributed by atoms with E-state index in [2.05, 4.69) is 63.6 Å². The highest BCUT2D eigenvalue weighted by atomic mass is 16.4. The van der Waals surface area contributed by atoms with Crippen molar-refractivity contribution in [1.29, 1.82) is 0 Å². The van der Waals surface area contributed by atoms with Gasteiger partial charge in [-0.3, -0.25) is 9.69 Å². The maximum atomic E-state index is 12.9. The molecule has 1 aromatic heterocycles. The molecule has 1 N–H and O–H groups in total. The summed E-state index contributed by atoms with van der Waals surface area (Å²) < 4.78 is 6.30. The second-order valence-corrected chi connectivity index (χ2v) is 13.2. The SMILES string of the molecule is C/C1=C(C)/C(C)=C(C)\C(c2nc(CN3CCC(C(=O)NCCCN4C[C@H](C)C[C@H](C)C4)CC3)c(C)o2)=C(\C)CC1. The van der Waals surface area contributed by atoms with E-state index in [1.165, 1.54) is 52.9 Å².